The molecule has 1 N–H and O–H groups in total. The fourth-order valence-corrected chi connectivity index (χ4v) is 3.56. The fourth-order valence-electron chi connectivity index (χ4n) is 3.34. The third kappa shape index (κ3) is 5.28. The molecule has 2 aromatic carbocycles. The van der Waals surface area contributed by atoms with Gasteiger partial charge in [-0.25, -0.2) is 9.97 Å². The summed E-state index contributed by atoms with van der Waals surface area (Å²) in [5, 5.41) is 4.64. The zero-order chi connectivity index (χ0) is 21.5. The molecular formula is C24H29ClN4O. The van der Waals surface area contributed by atoms with Gasteiger partial charge in [0.15, 0.2) is 5.82 Å². The monoisotopic (exact) mass is 424 g/mol. The number of fused-ring (bicyclic) bond motifs is 1. The van der Waals surface area contributed by atoms with Crippen LogP contribution in [0.5, 0.6) is 0 Å². The molecule has 0 aliphatic rings. The van der Waals surface area contributed by atoms with E-state index in [1.54, 1.807) is 0 Å². The smallest absolute Gasteiger partial charge is 0.221 e. The van der Waals surface area contributed by atoms with E-state index in [1.807, 2.05) is 55.5 Å². The highest BCUT2D eigenvalue weighted by molar-refractivity contribution is 6.33. The maximum atomic E-state index is 12.4. The lowest BCUT2D eigenvalue weighted by molar-refractivity contribution is -0.121. The topological polar surface area (TPSA) is 58.1 Å². The van der Waals surface area contributed by atoms with E-state index in [2.05, 4.69) is 24.1 Å². The second-order valence-corrected chi connectivity index (χ2v) is 7.89. The van der Waals surface area contributed by atoms with Crippen molar-refractivity contribution in [3.63, 3.8) is 0 Å². The number of carbonyl (C=O) groups excluding carboxylic acids is 1. The molecule has 1 amide bonds. The molecule has 3 rings (SSSR count). The number of nitrogens with one attached hydrogen (secondary N) is 1. The molecule has 1 atom stereocenters. The molecular weight excluding hydrogens is 396 g/mol. The lowest BCUT2D eigenvalue weighted by Gasteiger charge is -2.25. The highest BCUT2D eigenvalue weighted by Gasteiger charge is 2.17. The van der Waals surface area contributed by atoms with E-state index in [0.29, 0.717) is 23.8 Å². The quantitative estimate of drug-likeness (QED) is 0.494. The van der Waals surface area contributed by atoms with Gasteiger partial charge in [-0.3, -0.25) is 4.79 Å². The molecule has 6 heteroatoms. The molecule has 0 saturated heterocycles. The molecule has 0 aliphatic carbocycles. The zero-order valence-corrected chi connectivity index (χ0v) is 18.6. The van der Waals surface area contributed by atoms with Crippen molar-refractivity contribution in [2.75, 3.05) is 18.0 Å². The summed E-state index contributed by atoms with van der Waals surface area (Å²) < 4.78 is 0. The minimum atomic E-state index is 0.0649. The van der Waals surface area contributed by atoms with E-state index in [1.165, 1.54) is 0 Å². The van der Waals surface area contributed by atoms with E-state index in [-0.39, 0.29) is 11.9 Å². The van der Waals surface area contributed by atoms with Gasteiger partial charge in [-0.1, -0.05) is 49.7 Å². The number of nitrogens with zero attached hydrogens (tertiary/aromatic N) is 3. The van der Waals surface area contributed by atoms with Gasteiger partial charge in [0.05, 0.1) is 10.5 Å². The predicted molar refractivity (Wildman–Crippen MR) is 125 cm³/mol. The van der Waals surface area contributed by atoms with Crippen LogP contribution in [0.2, 0.25) is 5.02 Å². The Morgan fingerprint density at radius 3 is 2.53 bits per heavy atom. The number of para-hydroxylation sites is 1. The highest BCUT2D eigenvalue weighted by atomic mass is 35.5. The van der Waals surface area contributed by atoms with Crippen LogP contribution in [0, 0.1) is 0 Å². The second-order valence-electron chi connectivity index (χ2n) is 7.48. The molecule has 3 aromatic rings. The number of hydrogen-bond donors (Lipinski definition) is 1. The minimum absolute atomic E-state index is 0.0649. The number of hydrogen-bond acceptors (Lipinski definition) is 4. The van der Waals surface area contributed by atoms with Gasteiger partial charge in [0.2, 0.25) is 5.91 Å². The highest BCUT2D eigenvalue weighted by Crippen LogP contribution is 2.31. The summed E-state index contributed by atoms with van der Waals surface area (Å²) in [4.78, 5) is 24.2. The Labute approximate surface area is 183 Å². The largest absolute Gasteiger partial charge is 0.355 e. The van der Waals surface area contributed by atoms with E-state index < -0.39 is 0 Å². The number of benzene rings is 2. The molecule has 0 unspecified atom stereocenters. The molecule has 0 radical (unpaired) electrons. The van der Waals surface area contributed by atoms with E-state index in [0.717, 1.165) is 41.7 Å². The number of rotatable bonds is 9. The summed E-state index contributed by atoms with van der Waals surface area (Å²) in [6.07, 6.45) is 2.29. The SMILES string of the molecule is CCCN(CCC(=O)N[C@@H](C)CC)c1nc(-c2ccccc2Cl)nc2ccccc12. The zero-order valence-electron chi connectivity index (χ0n) is 17.9. The van der Waals surface area contributed by atoms with Crippen LogP contribution < -0.4 is 10.2 Å². The first-order chi connectivity index (χ1) is 14.5. The number of halogens is 1. The van der Waals surface area contributed by atoms with Gasteiger partial charge in [-0.05, 0) is 44.0 Å². The maximum absolute atomic E-state index is 12.4. The lowest BCUT2D eigenvalue weighted by Crippen LogP contribution is -2.36. The molecule has 0 saturated carbocycles. The number of carbonyl (C=O) groups is 1. The molecule has 158 valence electrons. The third-order valence-electron chi connectivity index (χ3n) is 5.12. The van der Waals surface area contributed by atoms with Crippen molar-refractivity contribution in [1.82, 2.24) is 15.3 Å². The van der Waals surface area contributed by atoms with Crippen LogP contribution in [-0.2, 0) is 4.79 Å². The Hall–Kier alpha value is -2.66. The van der Waals surface area contributed by atoms with Crippen molar-refractivity contribution in [3.8, 4) is 11.4 Å². The van der Waals surface area contributed by atoms with Crippen molar-refractivity contribution in [2.45, 2.75) is 46.1 Å². The number of anilines is 1. The van der Waals surface area contributed by atoms with Crippen molar-refractivity contribution in [3.05, 3.63) is 53.6 Å². The average molecular weight is 425 g/mol. The van der Waals surface area contributed by atoms with Crippen molar-refractivity contribution in [2.24, 2.45) is 0 Å². The van der Waals surface area contributed by atoms with Crippen LogP contribution in [0.4, 0.5) is 5.82 Å². The number of aromatic nitrogens is 2. The van der Waals surface area contributed by atoms with Gasteiger partial charge in [-0.2, -0.15) is 0 Å². The molecule has 1 aromatic heterocycles. The van der Waals surface area contributed by atoms with Crippen LogP contribution in [0.3, 0.4) is 0 Å². The van der Waals surface area contributed by atoms with Gasteiger partial charge < -0.3 is 10.2 Å². The molecule has 1 heterocycles. The second kappa shape index (κ2) is 10.4. The first kappa shape index (κ1) is 22.0. The third-order valence-corrected chi connectivity index (χ3v) is 5.45. The average Bonchev–Trinajstić information content (AvgIpc) is 2.76. The fraction of sp³-hybridized carbons (Fsp3) is 0.375. The molecule has 0 bridgehead atoms. The van der Waals surface area contributed by atoms with Crippen LogP contribution in [0.15, 0.2) is 48.5 Å². The Morgan fingerprint density at radius 2 is 1.80 bits per heavy atom. The molecule has 0 aliphatic heterocycles. The first-order valence-electron chi connectivity index (χ1n) is 10.6. The Bertz CT molecular complexity index is 1010. The Balaban J connectivity index is 1.98. The normalized spacial score (nSPS) is 12.0. The predicted octanol–water partition coefficient (Wildman–Crippen LogP) is 5.47. The summed E-state index contributed by atoms with van der Waals surface area (Å²) in [6.45, 7) is 7.62. The van der Waals surface area contributed by atoms with Crippen LogP contribution in [0.1, 0.15) is 40.0 Å². The summed E-state index contributed by atoms with van der Waals surface area (Å²) in [5.41, 5.74) is 1.67. The lowest BCUT2D eigenvalue weighted by atomic mass is 10.1. The van der Waals surface area contributed by atoms with Crippen LogP contribution in [-0.4, -0.2) is 35.0 Å². The van der Waals surface area contributed by atoms with Gasteiger partial charge in [-0.15, -0.1) is 0 Å². The summed E-state index contributed by atoms with van der Waals surface area (Å²) in [6, 6.07) is 15.8. The van der Waals surface area contributed by atoms with Gasteiger partial charge in [0, 0.05) is 36.5 Å². The molecule has 0 spiro atoms. The van der Waals surface area contributed by atoms with Crippen molar-refractivity contribution >= 4 is 34.2 Å². The molecule has 30 heavy (non-hydrogen) atoms. The van der Waals surface area contributed by atoms with Crippen molar-refractivity contribution in [1.29, 1.82) is 0 Å². The number of amides is 1. The van der Waals surface area contributed by atoms with E-state index in [9.17, 15) is 4.79 Å². The summed E-state index contributed by atoms with van der Waals surface area (Å²) >= 11 is 6.42. The molecule has 0 fully saturated rings. The Kier molecular flexibility index (Phi) is 7.63. The van der Waals surface area contributed by atoms with Gasteiger partial charge in [0.1, 0.15) is 5.82 Å². The van der Waals surface area contributed by atoms with Crippen molar-refractivity contribution < 1.29 is 4.79 Å². The van der Waals surface area contributed by atoms with Gasteiger partial charge >= 0.3 is 0 Å². The van der Waals surface area contributed by atoms with Crippen LogP contribution in [0.25, 0.3) is 22.3 Å². The Morgan fingerprint density at radius 1 is 1.07 bits per heavy atom. The summed E-state index contributed by atoms with van der Waals surface area (Å²) in [7, 11) is 0. The maximum Gasteiger partial charge on any atom is 0.221 e. The first-order valence-corrected chi connectivity index (χ1v) is 11.0. The standard InChI is InChI=1S/C24H29ClN4O/c1-4-15-29(16-14-22(30)26-17(3)5-2)24-19-11-7-9-13-21(19)27-23(28-24)18-10-6-8-12-20(18)25/h6-13,17H,4-5,14-16H2,1-3H3,(H,26,30)/t17-/m0/s1. The molecule has 5 nitrogen and oxygen atoms in total. The van der Waals surface area contributed by atoms with Gasteiger partial charge in [0.25, 0.3) is 0 Å². The summed E-state index contributed by atoms with van der Waals surface area (Å²) in [5.74, 6) is 1.50. The van der Waals surface area contributed by atoms with E-state index in [4.69, 9.17) is 21.6 Å². The van der Waals surface area contributed by atoms with E-state index >= 15 is 0 Å². The van der Waals surface area contributed by atoms with Crippen LogP contribution >= 0.6 is 11.6 Å². The minimum Gasteiger partial charge on any atom is -0.355 e.